The van der Waals surface area contributed by atoms with Gasteiger partial charge in [0, 0.05) is 5.25 Å². The summed E-state index contributed by atoms with van der Waals surface area (Å²) in [5, 5.41) is 0.279. The standard InChI is InChI=1S/C25H34S/c1-10-14-22(17-21(9)26)25(13-4)20(8)16-23(15-19(7)11-2)24(12-3)18(5)6/h10-16,21,26H,2,4-5,7,17H2,1,3,6,8-9H3/b14-10-,20-16+,23-15-,24-12-,25-22-. The van der Waals surface area contributed by atoms with Crippen molar-refractivity contribution in [3.8, 4) is 0 Å². The maximum atomic E-state index is 4.56. The Morgan fingerprint density at radius 2 is 1.65 bits per heavy atom. The van der Waals surface area contributed by atoms with Gasteiger partial charge in [0.1, 0.15) is 0 Å². The van der Waals surface area contributed by atoms with Crippen LogP contribution in [0.25, 0.3) is 0 Å². The SMILES string of the molecule is C=CC(=C)/C=C(/C=C(C)/C(C=C)=C(/C=C\C)CC(C)S)C(=C/C)\C(=C)C. The van der Waals surface area contributed by atoms with Crippen molar-refractivity contribution in [2.24, 2.45) is 0 Å². The lowest BCUT2D eigenvalue weighted by Crippen LogP contribution is -1.98. The number of allylic oxidation sites excluding steroid dienone is 14. The summed E-state index contributed by atoms with van der Waals surface area (Å²) in [7, 11) is 0. The molecule has 1 unspecified atom stereocenters. The fraction of sp³-hybridized carbons (Fsp3) is 0.280. The van der Waals surface area contributed by atoms with Crippen molar-refractivity contribution in [1.29, 1.82) is 0 Å². The molecule has 0 aliphatic rings. The summed E-state index contributed by atoms with van der Waals surface area (Å²) in [5.74, 6) is 0. The fourth-order valence-corrected chi connectivity index (χ4v) is 2.96. The molecule has 0 N–H and O–H groups in total. The molecule has 0 aromatic heterocycles. The van der Waals surface area contributed by atoms with E-state index >= 15 is 0 Å². The molecule has 0 bridgehead atoms. The number of hydrogen-bond donors (Lipinski definition) is 1. The first-order chi connectivity index (χ1) is 12.2. The Labute approximate surface area is 166 Å². The van der Waals surface area contributed by atoms with Crippen LogP contribution in [0, 0.1) is 0 Å². The fourth-order valence-electron chi connectivity index (χ4n) is 2.76. The van der Waals surface area contributed by atoms with Gasteiger partial charge < -0.3 is 0 Å². The van der Waals surface area contributed by atoms with Gasteiger partial charge in [0.15, 0.2) is 0 Å². The lowest BCUT2D eigenvalue weighted by Gasteiger charge is -2.15. The molecule has 0 aromatic rings. The Hall–Kier alpha value is -1.99. The van der Waals surface area contributed by atoms with Crippen molar-refractivity contribution in [2.75, 3.05) is 0 Å². The van der Waals surface area contributed by atoms with Gasteiger partial charge in [-0.05, 0) is 73.6 Å². The predicted molar refractivity (Wildman–Crippen MR) is 125 cm³/mol. The van der Waals surface area contributed by atoms with Gasteiger partial charge in [0.25, 0.3) is 0 Å². The van der Waals surface area contributed by atoms with Crippen LogP contribution in [-0.2, 0) is 0 Å². The van der Waals surface area contributed by atoms with E-state index in [1.165, 1.54) is 5.57 Å². The normalized spacial score (nSPS) is 15.5. The summed E-state index contributed by atoms with van der Waals surface area (Å²) < 4.78 is 0. The van der Waals surface area contributed by atoms with E-state index in [1.54, 1.807) is 6.08 Å². The molecule has 0 saturated heterocycles. The van der Waals surface area contributed by atoms with E-state index in [2.05, 4.69) is 77.1 Å². The molecule has 1 atom stereocenters. The Morgan fingerprint density at radius 3 is 2.04 bits per heavy atom. The molecular weight excluding hydrogens is 332 g/mol. The van der Waals surface area contributed by atoms with Gasteiger partial charge in [-0.25, -0.2) is 0 Å². The molecule has 0 amide bonds. The van der Waals surface area contributed by atoms with Crippen molar-refractivity contribution in [3.63, 3.8) is 0 Å². The van der Waals surface area contributed by atoms with Gasteiger partial charge in [0.05, 0.1) is 0 Å². The van der Waals surface area contributed by atoms with Crippen LogP contribution in [0.2, 0.25) is 0 Å². The van der Waals surface area contributed by atoms with Crippen molar-refractivity contribution in [1.82, 2.24) is 0 Å². The third-order valence-corrected chi connectivity index (χ3v) is 4.08. The van der Waals surface area contributed by atoms with Gasteiger partial charge in [-0.3, -0.25) is 0 Å². The molecule has 0 aromatic carbocycles. The summed E-state index contributed by atoms with van der Waals surface area (Å²) in [6.07, 6.45) is 15.1. The predicted octanol–water partition coefficient (Wildman–Crippen LogP) is 7.89. The highest BCUT2D eigenvalue weighted by atomic mass is 32.1. The van der Waals surface area contributed by atoms with E-state index in [4.69, 9.17) is 0 Å². The monoisotopic (exact) mass is 366 g/mol. The van der Waals surface area contributed by atoms with E-state index in [-0.39, 0.29) is 5.25 Å². The number of rotatable bonds is 10. The molecule has 1 heteroatoms. The molecule has 0 radical (unpaired) electrons. The third-order valence-electron chi connectivity index (χ3n) is 3.89. The molecule has 0 fully saturated rings. The third kappa shape index (κ3) is 7.93. The largest absolute Gasteiger partial charge is 0.176 e. The van der Waals surface area contributed by atoms with Crippen LogP contribution < -0.4 is 0 Å². The molecule has 26 heavy (non-hydrogen) atoms. The van der Waals surface area contributed by atoms with Crippen molar-refractivity contribution >= 4 is 12.6 Å². The average Bonchev–Trinajstić information content (AvgIpc) is 2.55. The summed E-state index contributed by atoms with van der Waals surface area (Å²) in [5.41, 5.74) is 7.57. The second-order valence-corrected chi connectivity index (χ2v) is 7.27. The van der Waals surface area contributed by atoms with Crippen molar-refractivity contribution in [3.05, 3.63) is 108 Å². The maximum Gasteiger partial charge on any atom is 0.00290 e. The second kappa shape index (κ2) is 12.4. The molecule has 0 heterocycles. The Morgan fingerprint density at radius 1 is 1.04 bits per heavy atom. The highest BCUT2D eigenvalue weighted by molar-refractivity contribution is 7.80. The summed E-state index contributed by atoms with van der Waals surface area (Å²) >= 11 is 4.56. The van der Waals surface area contributed by atoms with E-state index < -0.39 is 0 Å². The summed E-state index contributed by atoms with van der Waals surface area (Å²) in [6.45, 7) is 26.3. The molecule has 0 spiro atoms. The Kier molecular flexibility index (Phi) is 11.4. The van der Waals surface area contributed by atoms with Crippen LogP contribution in [0.1, 0.15) is 41.0 Å². The van der Waals surface area contributed by atoms with Crippen LogP contribution in [0.4, 0.5) is 0 Å². The molecule has 0 saturated carbocycles. The van der Waals surface area contributed by atoms with Gasteiger partial charge in [0.2, 0.25) is 0 Å². The summed E-state index contributed by atoms with van der Waals surface area (Å²) in [6, 6.07) is 0. The first-order valence-corrected chi connectivity index (χ1v) is 9.43. The quantitative estimate of drug-likeness (QED) is 0.295. The van der Waals surface area contributed by atoms with Gasteiger partial charge in [-0.1, -0.05) is 75.3 Å². The first kappa shape index (κ1) is 24.0. The van der Waals surface area contributed by atoms with Crippen LogP contribution in [0.15, 0.2) is 108 Å². The Bertz CT molecular complexity index is 700. The van der Waals surface area contributed by atoms with Crippen molar-refractivity contribution in [2.45, 2.75) is 46.3 Å². The molecule has 0 rings (SSSR count). The Balaban J connectivity index is 6.46. The van der Waals surface area contributed by atoms with Gasteiger partial charge >= 0.3 is 0 Å². The highest BCUT2D eigenvalue weighted by Gasteiger charge is 2.09. The average molecular weight is 367 g/mol. The zero-order chi connectivity index (χ0) is 20.3. The second-order valence-electron chi connectivity index (χ2n) is 6.38. The van der Waals surface area contributed by atoms with E-state index in [0.29, 0.717) is 0 Å². The van der Waals surface area contributed by atoms with E-state index in [9.17, 15) is 0 Å². The number of hydrogen-bond acceptors (Lipinski definition) is 1. The zero-order valence-corrected chi connectivity index (χ0v) is 18.0. The van der Waals surface area contributed by atoms with Crippen LogP contribution >= 0.6 is 12.6 Å². The number of thiol groups is 1. The van der Waals surface area contributed by atoms with Gasteiger partial charge in [-0.15, -0.1) is 0 Å². The minimum absolute atomic E-state index is 0.279. The van der Waals surface area contributed by atoms with Crippen molar-refractivity contribution < 1.29 is 0 Å². The van der Waals surface area contributed by atoms with E-state index in [0.717, 1.165) is 39.9 Å². The minimum Gasteiger partial charge on any atom is -0.176 e. The molecule has 0 aliphatic carbocycles. The maximum absolute atomic E-state index is 4.56. The highest BCUT2D eigenvalue weighted by Crippen LogP contribution is 2.27. The lowest BCUT2D eigenvalue weighted by atomic mass is 9.91. The molecule has 0 aliphatic heterocycles. The van der Waals surface area contributed by atoms with Gasteiger partial charge in [-0.2, -0.15) is 12.6 Å². The first-order valence-electron chi connectivity index (χ1n) is 8.92. The minimum atomic E-state index is 0.279. The summed E-state index contributed by atoms with van der Waals surface area (Å²) in [4.78, 5) is 0. The molecule has 140 valence electrons. The molecular formula is C25H34S. The smallest absolute Gasteiger partial charge is 0.00290 e. The van der Waals surface area contributed by atoms with Crippen LogP contribution in [-0.4, -0.2) is 5.25 Å². The lowest BCUT2D eigenvalue weighted by molar-refractivity contribution is 0.946. The zero-order valence-electron chi connectivity index (χ0n) is 17.1. The van der Waals surface area contributed by atoms with Crippen LogP contribution in [0.3, 0.4) is 0 Å². The topological polar surface area (TPSA) is 0 Å². The van der Waals surface area contributed by atoms with E-state index in [1.807, 2.05) is 32.9 Å². The molecule has 0 nitrogen and oxygen atoms in total. The van der Waals surface area contributed by atoms with Crippen LogP contribution in [0.5, 0.6) is 0 Å².